The van der Waals surface area contributed by atoms with Gasteiger partial charge >= 0.3 is 0 Å². The number of fused-ring (bicyclic) bond motifs is 5. The van der Waals surface area contributed by atoms with Crippen molar-refractivity contribution in [1.29, 1.82) is 0 Å². The van der Waals surface area contributed by atoms with Crippen molar-refractivity contribution < 1.29 is 14.7 Å². The van der Waals surface area contributed by atoms with Gasteiger partial charge in [0.05, 0.1) is 12.1 Å². The molecule has 2 heterocycles. The summed E-state index contributed by atoms with van der Waals surface area (Å²) >= 11 is 0. The van der Waals surface area contributed by atoms with Crippen LogP contribution in [0.3, 0.4) is 0 Å². The van der Waals surface area contributed by atoms with Gasteiger partial charge in [-0.15, -0.1) is 0 Å². The molecule has 2 saturated heterocycles. The molecule has 0 spiro atoms. The van der Waals surface area contributed by atoms with Crippen LogP contribution in [-0.2, 0) is 9.59 Å². The summed E-state index contributed by atoms with van der Waals surface area (Å²) in [5.74, 6) is 3.17. The van der Waals surface area contributed by atoms with Crippen LogP contribution in [-0.4, -0.2) is 59.1 Å². The van der Waals surface area contributed by atoms with Crippen LogP contribution in [0.1, 0.15) is 97.3 Å². The number of carbonyl (C=O) groups excluding carboxylic acids is 2. The minimum absolute atomic E-state index is 0.0870. The van der Waals surface area contributed by atoms with Gasteiger partial charge in [0.15, 0.2) is 0 Å². The highest BCUT2D eigenvalue weighted by Gasteiger charge is 2.60. The second-order valence-corrected chi connectivity index (χ2v) is 13.6. The summed E-state index contributed by atoms with van der Waals surface area (Å²) in [4.78, 5) is 28.5. The highest BCUT2D eigenvalue weighted by atomic mass is 16.3. The molecule has 0 radical (unpaired) electrons. The van der Waals surface area contributed by atoms with E-state index in [1.165, 1.54) is 38.5 Å². The van der Waals surface area contributed by atoms with Crippen molar-refractivity contribution in [3.8, 4) is 0 Å². The Morgan fingerprint density at radius 1 is 0.914 bits per heavy atom. The van der Waals surface area contributed by atoms with Gasteiger partial charge in [0.2, 0.25) is 11.8 Å². The Kier molecular flexibility index (Phi) is 6.23. The topological polar surface area (TPSA) is 81.7 Å². The highest BCUT2D eigenvalue weighted by molar-refractivity contribution is 5.90. The van der Waals surface area contributed by atoms with Crippen LogP contribution in [0.5, 0.6) is 0 Å². The van der Waals surface area contributed by atoms with Gasteiger partial charge in [0.1, 0.15) is 6.04 Å². The van der Waals surface area contributed by atoms with Crippen LogP contribution in [0, 0.1) is 34.5 Å². The number of nitrogens with one attached hydrogen (secondary N) is 2. The normalized spacial score (nSPS) is 49.3. The van der Waals surface area contributed by atoms with E-state index >= 15 is 0 Å². The van der Waals surface area contributed by atoms with Crippen LogP contribution in [0.4, 0.5) is 0 Å². The second kappa shape index (κ2) is 9.01. The molecule has 6 nitrogen and oxygen atoms in total. The largest absolute Gasteiger partial charge is 0.393 e. The van der Waals surface area contributed by atoms with Crippen LogP contribution in [0.2, 0.25) is 0 Å². The molecule has 4 saturated carbocycles. The third kappa shape index (κ3) is 3.88. The predicted molar refractivity (Wildman–Crippen MR) is 135 cm³/mol. The Morgan fingerprint density at radius 2 is 1.71 bits per heavy atom. The molecule has 4 aliphatic carbocycles. The summed E-state index contributed by atoms with van der Waals surface area (Å²) in [6, 6.07) is -0.141. The SMILES string of the molecule is C[C@]12CCC(O)CC1CC[C@@H]1[C@H]2CC[C@]2(C)C(NC(=O)[C@H]3CCCN3C(=O)[C@H]3CCCN3)CC[C@@H]12. The van der Waals surface area contributed by atoms with Crippen molar-refractivity contribution in [3.63, 3.8) is 0 Å². The van der Waals surface area contributed by atoms with Gasteiger partial charge in [-0.2, -0.15) is 0 Å². The maximum atomic E-state index is 13.6. The molecule has 3 N–H and O–H groups in total. The minimum atomic E-state index is -0.285. The number of amides is 2. The molecule has 0 aromatic rings. The summed E-state index contributed by atoms with van der Waals surface area (Å²) in [5.41, 5.74) is 0.568. The molecule has 6 aliphatic rings. The monoisotopic (exact) mass is 485 g/mol. The van der Waals surface area contributed by atoms with Crippen LogP contribution >= 0.6 is 0 Å². The molecule has 2 amide bonds. The van der Waals surface area contributed by atoms with E-state index in [1.54, 1.807) is 0 Å². The predicted octanol–water partition coefficient (Wildman–Crippen LogP) is 3.62. The average Bonchev–Trinajstić information content (AvgIpc) is 3.60. The molecule has 0 aromatic carbocycles. The number of hydrogen-bond acceptors (Lipinski definition) is 4. The number of rotatable bonds is 3. The van der Waals surface area contributed by atoms with E-state index in [4.69, 9.17) is 0 Å². The first-order valence-electron chi connectivity index (χ1n) is 14.8. The molecular weight excluding hydrogens is 438 g/mol. The molecule has 0 bridgehead atoms. The molecule has 6 fully saturated rings. The molecule has 35 heavy (non-hydrogen) atoms. The van der Waals surface area contributed by atoms with Crippen molar-refractivity contribution in [3.05, 3.63) is 0 Å². The van der Waals surface area contributed by atoms with E-state index in [9.17, 15) is 14.7 Å². The van der Waals surface area contributed by atoms with Gasteiger partial charge in [0, 0.05) is 12.6 Å². The smallest absolute Gasteiger partial charge is 0.243 e. The lowest BCUT2D eigenvalue weighted by Crippen LogP contribution is -2.58. The Balaban J connectivity index is 1.14. The molecule has 6 heteroatoms. The highest BCUT2D eigenvalue weighted by Crippen LogP contribution is 2.66. The van der Waals surface area contributed by atoms with Crippen LogP contribution in [0.15, 0.2) is 0 Å². The van der Waals surface area contributed by atoms with Crippen molar-refractivity contribution in [2.75, 3.05) is 13.1 Å². The van der Waals surface area contributed by atoms with E-state index in [2.05, 4.69) is 24.5 Å². The van der Waals surface area contributed by atoms with E-state index in [0.29, 0.717) is 17.3 Å². The van der Waals surface area contributed by atoms with Crippen molar-refractivity contribution >= 4 is 11.8 Å². The lowest BCUT2D eigenvalue weighted by Gasteiger charge is -2.61. The zero-order valence-electron chi connectivity index (χ0n) is 21.9. The van der Waals surface area contributed by atoms with Crippen molar-refractivity contribution in [2.24, 2.45) is 34.5 Å². The van der Waals surface area contributed by atoms with Crippen LogP contribution < -0.4 is 10.6 Å². The molecule has 6 rings (SSSR count). The third-order valence-corrected chi connectivity index (χ3v) is 12.2. The standard InChI is InChI=1S/C29H47N3O3/c1-28-13-11-19(33)17-18(28)7-8-20-21-9-10-25(29(21,2)14-12-22(20)28)31-26(34)24-6-4-16-32(24)27(35)23-5-3-15-30-23/h18-25,30,33H,3-17H2,1-2H3,(H,31,34)/t18?,19?,20-,21-,22+,23+,24+,25?,28-,29-/m0/s1. The lowest BCUT2D eigenvalue weighted by molar-refractivity contribution is -0.141. The Hall–Kier alpha value is -1.14. The van der Waals surface area contributed by atoms with Gasteiger partial charge in [-0.25, -0.2) is 0 Å². The number of hydrogen-bond donors (Lipinski definition) is 3. The number of carbonyl (C=O) groups is 2. The summed E-state index contributed by atoms with van der Waals surface area (Å²) in [5, 5.41) is 17.1. The number of aliphatic hydroxyl groups excluding tert-OH is 1. The van der Waals surface area contributed by atoms with E-state index in [1.807, 2.05) is 4.90 Å². The van der Waals surface area contributed by atoms with Gasteiger partial charge in [-0.05, 0) is 125 Å². The first kappa shape index (κ1) is 24.2. The molecule has 0 aromatic heterocycles. The third-order valence-electron chi connectivity index (χ3n) is 12.2. The Bertz CT molecular complexity index is 843. The molecule has 196 valence electrons. The number of likely N-dealkylation sites (tertiary alicyclic amines) is 1. The first-order chi connectivity index (χ1) is 16.8. The van der Waals surface area contributed by atoms with Crippen molar-refractivity contribution in [1.82, 2.24) is 15.5 Å². The Labute approximate surface area is 211 Å². The fourth-order valence-corrected chi connectivity index (χ4v) is 10.1. The summed E-state index contributed by atoms with van der Waals surface area (Å²) in [7, 11) is 0. The van der Waals surface area contributed by atoms with Crippen LogP contribution in [0.25, 0.3) is 0 Å². The van der Waals surface area contributed by atoms with E-state index in [-0.39, 0.29) is 41.5 Å². The summed E-state index contributed by atoms with van der Waals surface area (Å²) in [6.45, 7) is 6.64. The number of nitrogens with zero attached hydrogens (tertiary/aromatic N) is 1. The Morgan fingerprint density at radius 3 is 2.51 bits per heavy atom. The minimum Gasteiger partial charge on any atom is -0.393 e. The zero-order chi connectivity index (χ0) is 24.4. The maximum Gasteiger partial charge on any atom is 0.243 e. The first-order valence-corrected chi connectivity index (χ1v) is 14.8. The lowest BCUT2D eigenvalue weighted by atomic mass is 9.45. The van der Waals surface area contributed by atoms with Gasteiger partial charge < -0.3 is 20.6 Å². The van der Waals surface area contributed by atoms with E-state index in [0.717, 1.165) is 69.9 Å². The average molecular weight is 486 g/mol. The molecule has 2 aliphatic heterocycles. The summed E-state index contributed by atoms with van der Waals surface area (Å²) in [6.07, 6.45) is 14.1. The number of aliphatic hydroxyl groups is 1. The zero-order valence-corrected chi connectivity index (χ0v) is 21.9. The molecular formula is C29H47N3O3. The fraction of sp³-hybridized carbons (Fsp3) is 0.931. The van der Waals surface area contributed by atoms with Gasteiger partial charge in [-0.1, -0.05) is 13.8 Å². The molecule has 3 unspecified atom stereocenters. The van der Waals surface area contributed by atoms with E-state index < -0.39 is 0 Å². The maximum absolute atomic E-state index is 13.6. The molecule has 10 atom stereocenters. The quantitative estimate of drug-likeness (QED) is 0.570. The second-order valence-electron chi connectivity index (χ2n) is 13.6. The van der Waals surface area contributed by atoms with Gasteiger partial charge in [-0.3, -0.25) is 9.59 Å². The summed E-state index contributed by atoms with van der Waals surface area (Å²) < 4.78 is 0. The van der Waals surface area contributed by atoms with Crippen molar-refractivity contribution in [2.45, 2.75) is 122 Å². The van der Waals surface area contributed by atoms with Gasteiger partial charge in [0.25, 0.3) is 0 Å². The fourth-order valence-electron chi connectivity index (χ4n) is 10.1.